The van der Waals surface area contributed by atoms with E-state index in [1.54, 1.807) is 6.20 Å². The molecule has 1 aliphatic rings. The number of carbonyl (C=O) groups excluding carboxylic acids is 1. The van der Waals surface area contributed by atoms with E-state index >= 15 is 0 Å². The molecular formula is C17H22N6O. The van der Waals surface area contributed by atoms with Gasteiger partial charge >= 0.3 is 0 Å². The zero-order valence-corrected chi connectivity index (χ0v) is 13.7. The highest BCUT2D eigenvalue weighted by Gasteiger charge is 2.14. The van der Waals surface area contributed by atoms with E-state index < -0.39 is 0 Å². The monoisotopic (exact) mass is 326 g/mol. The van der Waals surface area contributed by atoms with E-state index in [0.29, 0.717) is 17.8 Å². The van der Waals surface area contributed by atoms with Crippen molar-refractivity contribution < 1.29 is 4.79 Å². The Morgan fingerprint density at radius 3 is 2.50 bits per heavy atom. The molecular weight excluding hydrogens is 304 g/mol. The maximum atomic E-state index is 11.0. The first-order chi connectivity index (χ1) is 11.7. The average molecular weight is 326 g/mol. The van der Waals surface area contributed by atoms with Crippen LogP contribution >= 0.6 is 0 Å². The van der Waals surface area contributed by atoms with Gasteiger partial charge in [0.05, 0.1) is 6.20 Å². The standard InChI is InChI=1S/C17H22N6O/c1-12(24)19-14-7-9-15(10-8-14)20-16-11-18-23-17(22-16)21-13-5-3-2-4-6-13/h7-11,13H,2-6H2,1H3,(H,19,24)(H2,20,21,22,23). The molecule has 7 nitrogen and oxygen atoms in total. The van der Waals surface area contributed by atoms with Gasteiger partial charge in [-0.2, -0.15) is 10.1 Å². The van der Waals surface area contributed by atoms with Crippen LogP contribution in [0.2, 0.25) is 0 Å². The number of hydrogen-bond donors (Lipinski definition) is 3. The molecule has 0 atom stereocenters. The summed E-state index contributed by atoms with van der Waals surface area (Å²) >= 11 is 0. The Kier molecular flexibility index (Phi) is 5.20. The van der Waals surface area contributed by atoms with Crippen molar-refractivity contribution in [1.29, 1.82) is 0 Å². The molecule has 0 spiro atoms. The summed E-state index contributed by atoms with van der Waals surface area (Å²) in [6.07, 6.45) is 7.73. The van der Waals surface area contributed by atoms with Gasteiger partial charge < -0.3 is 16.0 Å². The van der Waals surface area contributed by atoms with Crippen molar-refractivity contribution in [2.75, 3.05) is 16.0 Å². The zero-order chi connectivity index (χ0) is 16.8. The van der Waals surface area contributed by atoms with Crippen LogP contribution in [-0.4, -0.2) is 27.1 Å². The highest BCUT2D eigenvalue weighted by atomic mass is 16.1. The number of nitrogens with zero attached hydrogens (tertiary/aromatic N) is 3. The van der Waals surface area contributed by atoms with Crippen LogP contribution in [0.15, 0.2) is 30.5 Å². The van der Waals surface area contributed by atoms with Gasteiger partial charge in [-0.3, -0.25) is 4.79 Å². The molecule has 1 fully saturated rings. The minimum absolute atomic E-state index is 0.0888. The Balaban J connectivity index is 1.62. The third-order valence-electron chi connectivity index (χ3n) is 3.97. The van der Waals surface area contributed by atoms with Crippen molar-refractivity contribution >= 4 is 29.0 Å². The molecule has 0 bridgehead atoms. The molecule has 3 rings (SSSR count). The third-order valence-corrected chi connectivity index (χ3v) is 3.97. The first kappa shape index (κ1) is 16.2. The second-order valence-corrected chi connectivity index (χ2v) is 6.03. The van der Waals surface area contributed by atoms with Crippen LogP contribution in [0.4, 0.5) is 23.1 Å². The number of anilines is 4. The lowest BCUT2D eigenvalue weighted by atomic mass is 9.96. The summed E-state index contributed by atoms with van der Waals surface area (Å²) in [7, 11) is 0. The Hall–Kier alpha value is -2.70. The highest BCUT2D eigenvalue weighted by molar-refractivity contribution is 5.88. The Morgan fingerprint density at radius 1 is 1.08 bits per heavy atom. The number of aromatic nitrogens is 3. The predicted octanol–water partition coefficient (Wildman–Crippen LogP) is 3.32. The largest absolute Gasteiger partial charge is 0.350 e. The molecule has 1 saturated carbocycles. The van der Waals surface area contributed by atoms with Crippen molar-refractivity contribution in [1.82, 2.24) is 15.2 Å². The van der Waals surface area contributed by atoms with E-state index in [1.807, 2.05) is 24.3 Å². The number of hydrogen-bond acceptors (Lipinski definition) is 6. The summed E-state index contributed by atoms with van der Waals surface area (Å²) in [6, 6.07) is 7.86. The molecule has 1 aromatic heterocycles. The van der Waals surface area contributed by atoms with E-state index in [1.165, 1.54) is 26.2 Å². The van der Waals surface area contributed by atoms with Gasteiger partial charge in [-0.15, -0.1) is 5.10 Å². The molecule has 1 heterocycles. The van der Waals surface area contributed by atoms with Gasteiger partial charge in [0.1, 0.15) is 0 Å². The number of benzene rings is 1. The second-order valence-electron chi connectivity index (χ2n) is 6.03. The fourth-order valence-electron chi connectivity index (χ4n) is 2.84. The quantitative estimate of drug-likeness (QED) is 0.780. The summed E-state index contributed by atoms with van der Waals surface area (Å²) in [6.45, 7) is 1.49. The van der Waals surface area contributed by atoms with Crippen LogP contribution in [-0.2, 0) is 4.79 Å². The topological polar surface area (TPSA) is 91.8 Å². The highest BCUT2D eigenvalue weighted by Crippen LogP contribution is 2.21. The van der Waals surface area contributed by atoms with E-state index in [4.69, 9.17) is 0 Å². The molecule has 0 radical (unpaired) electrons. The first-order valence-electron chi connectivity index (χ1n) is 8.30. The third kappa shape index (κ3) is 4.65. The number of nitrogens with one attached hydrogen (secondary N) is 3. The lowest BCUT2D eigenvalue weighted by Gasteiger charge is -2.22. The Bertz CT molecular complexity index is 682. The van der Waals surface area contributed by atoms with Crippen molar-refractivity contribution in [3.63, 3.8) is 0 Å². The van der Waals surface area contributed by atoms with E-state index in [0.717, 1.165) is 24.2 Å². The number of rotatable bonds is 5. The maximum Gasteiger partial charge on any atom is 0.244 e. The Labute approximate surface area is 141 Å². The maximum absolute atomic E-state index is 11.0. The van der Waals surface area contributed by atoms with Gasteiger partial charge in [-0.1, -0.05) is 19.3 Å². The summed E-state index contributed by atoms with van der Waals surface area (Å²) in [5, 5.41) is 17.4. The predicted molar refractivity (Wildman–Crippen MR) is 94.4 cm³/mol. The smallest absolute Gasteiger partial charge is 0.244 e. The van der Waals surface area contributed by atoms with E-state index in [-0.39, 0.29) is 5.91 Å². The molecule has 1 amide bonds. The normalized spacial score (nSPS) is 14.9. The molecule has 0 saturated heterocycles. The van der Waals surface area contributed by atoms with Gasteiger partial charge in [0.25, 0.3) is 0 Å². The summed E-state index contributed by atoms with van der Waals surface area (Å²) in [4.78, 5) is 15.5. The van der Waals surface area contributed by atoms with Crippen molar-refractivity contribution in [2.45, 2.75) is 45.1 Å². The fourth-order valence-corrected chi connectivity index (χ4v) is 2.84. The minimum atomic E-state index is -0.0888. The molecule has 1 aliphatic carbocycles. The summed E-state index contributed by atoms with van der Waals surface area (Å²) in [5.41, 5.74) is 1.63. The molecule has 2 aromatic rings. The van der Waals surface area contributed by atoms with E-state index in [2.05, 4.69) is 31.1 Å². The van der Waals surface area contributed by atoms with Crippen LogP contribution in [0.5, 0.6) is 0 Å². The minimum Gasteiger partial charge on any atom is -0.350 e. The van der Waals surface area contributed by atoms with E-state index in [9.17, 15) is 4.79 Å². The first-order valence-corrected chi connectivity index (χ1v) is 8.30. The number of amides is 1. The zero-order valence-electron chi connectivity index (χ0n) is 13.7. The summed E-state index contributed by atoms with van der Waals surface area (Å²) < 4.78 is 0. The second kappa shape index (κ2) is 7.72. The molecule has 126 valence electrons. The molecule has 0 aliphatic heterocycles. The average Bonchev–Trinajstić information content (AvgIpc) is 2.57. The van der Waals surface area contributed by atoms with Gasteiger partial charge in [-0.05, 0) is 37.1 Å². The lowest BCUT2D eigenvalue weighted by Crippen LogP contribution is -2.23. The Morgan fingerprint density at radius 2 is 1.79 bits per heavy atom. The van der Waals surface area contributed by atoms with Crippen LogP contribution in [0.3, 0.4) is 0 Å². The molecule has 1 aromatic carbocycles. The molecule has 7 heteroatoms. The summed E-state index contributed by atoms with van der Waals surface area (Å²) in [5.74, 6) is 1.10. The van der Waals surface area contributed by atoms with Crippen LogP contribution < -0.4 is 16.0 Å². The fraction of sp³-hybridized carbons (Fsp3) is 0.412. The molecule has 3 N–H and O–H groups in total. The SMILES string of the molecule is CC(=O)Nc1ccc(Nc2cnnc(NC3CCCCC3)n2)cc1. The van der Waals surface area contributed by atoms with Crippen molar-refractivity contribution in [2.24, 2.45) is 0 Å². The van der Waals surface area contributed by atoms with Crippen molar-refractivity contribution in [3.05, 3.63) is 30.5 Å². The van der Waals surface area contributed by atoms with Gasteiger partial charge in [0.2, 0.25) is 11.9 Å². The molecule has 24 heavy (non-hydrogen) atoms. The lowest BCUT2D eigenvalue weighted by molar-refractivity contribution is -0.114. The van der Waals surface area contributed by atoms with Gasteiger partial charge in [-0.25, -0.2) is 0 Å². The number of carbonyl (C=O) groups is 1. The van der Waals surface area contributed by atoms with Gasteiger partial charge in [0.15, 0.2) is 5.82 Å². The van der Waals surface area contributed by atoms with Crippen LogP contribution in [0.1, 0.15) is 39.0 Å². The van der Waals surface area contributed by atoms with Crippen LogP contribution in [0.25, 0.3) is 0 Å². The van der Waals surface area contributed by atoms with Crippen LogP contribution in [0, 0.1) is 0 Å². The van der Waals surface area contributed by atoms with Crippen molar-refractivity contribution in [3.8, 4) is 0 Å². The molecule has 0 unspecified atom stereocenters. The van der Waals surface area contributed by atoms with Gasteiger partial charge in [0, 0.05) is 24.3 Å².